The molecule has 1 aliphatic carbocycles. The third kappa shape index (κ3) is 6.98. The Balaban J connectivity index is 0.00000338. The molecule has 0 aromatic rings. The van der Waals surface area contributed by atoms with Crippen molar-refractivity contribution in [3.63, 3.8) is 0 Å². The SMILES string of the molecule is CC(C)C1CCC(N2CCN(C(=O)C(N)CCS(C)(=O)=O)CC2)CC1.Cl. The van der Waals surface area contributed by atoms with Crippen molar-refractivity contribution in [3.05, 3.63) is 0 Å². The van der Waals surface area contributed by atoms with E-state index >= 15 is 0 Å². The number of hydrogen-bond donors (Lipinski definition) is 1. The number of amides is 1. The van der Waals surface area contributed by atoms with Crippen molar-refractivity contribution in [2.45, 2.75) is 58.0 Å². The zero-order valence-corrected chi connectivity index (χ0v) is 18.0. The van der Waals surface area contributed by atoms with Crippen LogP contribution in [0.3, 0.4) is 0 Å². The lowest BCUT2D eigenvalue weighted by molar-refractivity contribution is -0.134. The standard InChI is InChI=1S/C18H35N3O3S.ClH/c1-14(2)15-4-6-16(7-5-15)20-9-11-21(12-10-20)18(22)17(19)8-13-25(3,23)24;/h14-17H,4-13,19H2,1-3H3;1H. The van der Waals surface area contributed by atoms with Crippen molar-refractivity contribution in [1.29, 1.82) is 0 Å². The van der Waals surface area contributed by atoms with Gasteiger partial charge in [0.05, 0.1) is 11.8 Å². The molecule has 1 saturated heterocycles. The van der Waals surface area contributed by atoms with Gasteiger partial charge in [0.1, 0.15) is 9.84 Å². The second-order valence-electron chi connectivity index (χ2n) is 8.20. The second-order valence-corrected chi connectivity index (χ2v) is 10.5. The van der Waals surface area contributed by atoms with E-state index in [1.54, 1.807) is 0 Å². The average molecular weight is 410 g/mol. The van der Waals surface area contributed by atoms with Crippen molar-refractivity contribution >= 4 is 28.2 Å². The number of nitrogens with two attached hydrogens (primary N) is 1. The van der Waals surface area contributed by atoms with Gasteiger partial charge >= 0.3 is 0 Å². The van der Waals surface area contributed by atoms with Crippen LogP contribution in [0.4, 0.5) is 0 Å². The first-order valence-electron chi connectivity index (χ1n) is 9.63. The lowest BCUT2D eigenvalue weighted by Crippen LogP contribution is -2.55. The highest BCUT2D eigenvalue weighted by atomic mass is 35.5. The largest absolute Gasteiger partial charge is 0.339 e. The summed E-state index contributed by atoms with van der Waals surface area (Å²) in [6, 6.07) is -0.0473. The van der Waals surface area contributed by atoms with E-state index < -0.39 is 15.9 Å². The Labute approximate surface area is 165 Å². The van der Waals surface area contributed by atoms with Crippen LogP contribution in [0.25, 0.3) is 0 Å². The molecule has 1 atom stereocenters. The van der Waals surface area contributed by atoms with E-state index in [4.69, 9.17) is 5.73 Å². The number of carbonyl (C=O) groups is 1. The van der Waals surface area contributed by atoms with Crippen LogP contribution in [0.5, 0.6) is 0 Å². The monoisotopic (exact) mass is 409 g/mol. The lowest BCUT2D eigenvalue weighted by atomic mass is 9.79. The van der Waals surface area contributed by atoms with E-state index in [0.717, 1.165) is 24.9 Å². The third-order valence-corrected chi connectivity index (χ3v) is 6.92. The number of nitrogens with zero attached hydrogens (tertiary/aromatic N) is 2. The molecular weight excluding hydrogens is 374 g/mol. The zero-order valence-electron chi connectivity index (χ0n) is 16.4. The topological polar surface area (TPSA) is 83.7 Å². The fourth-order valence-electron chi connectivity index (χ4n) is 4.14. The quantitative estimate of drug-likeness (QED) is 0.719. The Morgan fingerprint density at radius 1 is 1.08 bits per heavy atom. The van der Waals surface area contributed by atoms with E-state index in [-0.39, 0.29) is 30.5 Å². The molecule has 1 saturated carbocycles. The summed E-state index contributed by atoms with van der Waals surface area (Å²) in [6.45, 7) is 7.86. The van der Waals surface area contributed by atoms with Gasteiger partial charge in [-0.2, -0.15) is 0 Å². The first-order chi connectivity index (χ1) is 11.7. The number of piperazine rings is 1. The van der Waals surface area contributed by atoms with E-state index in [1.807, 2.05) is 4.90 Å². The normalized spacial score (nSPS) is 26.4. The molecule has 2 fully saturated rings. The van der Waals surface area contributed by atoms with Gasteiger partial charge in [0, 0.05) is 38.5 Å². The fraction of sp³-hybridized carbons (Fsp3) is 0.944. The van der Waals surface area contributed by atoms with Crippen LogP contribution in [0.2, 0.25) is 0 Å². The summed E-state index contributed by atoms with van der Waals surface area (Å²) in [5.41, 5.74) is 5.91. The van der Waals surface area contributed by atoms with E-state index in [9.17, 15) is 13.2 Å². The Morgan fingerprint density at radius 3 is 2.08 bits per heavy atom. The second kappa shape index (κ2) is 10.2. The van der Waals surface area contributed by atoms with Gasteiger partial charge in [0.25, 0.3) is 0 Å². The van der Waals surface area contributed by atoms with Gasteiger partial charge in [-0.25, -0.2) is 8.42 Å². The fourth-order valence-corrected chi connectivity index (χ4v) is 4.82. The summed E-state index contributed by atoms with van der Waals surface area (Å²) in [6.07, 6.45) is 6.55. The molecule has 1 aliphatic heterocycles. The van der Waals surface area contributed by atoms with Gasteiger partial charge in [0.2, 0.25) is 5.91 Å². The summed E-state index contributed by atoms with van der Waals surface area (Å²) in [5.74, 6) is 1.52. The molecule has 0 aromatic heterocycles. The van der Waals surface area contributed by atoms with Crippen molar-refractivity contribution in [2.75, 3.05) is 38.2 Å². The number of carbonyl (C=O) groups excluding carboxylic acids is 1. The number of rotatable bonds is 6. The first kappa shape index (κ1) is 23.7. The summed E-state index contributed by atoms with van der Waals surface area (Å²) < 4.78 is 22.5. The van der Waals surface area contributed by atoms with Gasteiger partial charge < -0.3 is 10.6 Å². The first-order valence-corrected chi connectivity index (χ1v) is 11.7. The minimum Gasteiger partial charge on any atom is -0.339 e. The van der Waals surface area contributed by atoms with Crippen molar-refractivity contribution < 1.29 is 13.2 Å². The van der Waals surface area contributed by atoms with Crippen LogP contribution in [-0.4, -0.2) is 74.4 Å². The molecule has 1 unspecified atom stereocenters. The number of sulfone groups is 1. The zero-order chi connectivity index (χ0) is 18.6. The highest BCUT2D eigenvalue weighted by molar-refractivity contribution is 7.90. The molecule has 0 aromatic carbocycles. The highest BCUT2D eigenvalue weighted by Crippen LogP contribution is 2.32. The van der Waals surface area contributed by atoms with Crippen molar-refractivity contribution in [2.24, 2.45) is 17.6 Å². The number of halogens is 1. The maximum atomic E-state index is 12.4. The van der Waals surface area contributed by atoms with Gasteiger partial charge in [0.15, 0.2) is 0 Å². The Hall–Kier alpha value is -0.370. The molecule has 2 N–H and O–H groups in total. The maximum Gasteiger partial charge on any atom is 0.239 e. The lowest BCUT2D eigenvalue weighted by Gasteiger charge is -2.43. The highest BCUT2D eigenvalue weighted by Gasteiger charge is 2.31. The number of hydrogen-bond acceptors (Lipinski definition) is 5. The summed E-state index contributed by atoms with van der Waals surface area (Å²) >= 11 is 0. The molecule has 1 amide bonds. The van der Waals surface area contributed by atoms with Crippen LogP contribution in [0.1, 0.15) is 46.0 Å². The smallest absolute Gasteiger partial charge is 0.239 e. The molecule has 1 heterocycles. The maximum absolute atomic E-state index is 12.4. The molecule has 0 bridgehead atoms. The Bertz CT molecular complexity index is 540. The minimum atomic E-state index is -3.08. The van der Waals surface area contributed by atoms with Gasteiger partial charge in [-0.3, -0.25) is 9.69 Å². The Kier molecular flexibility index (Phi) is 9.33. The van der Waals surface area contributed by atoms with Gasteiger partial charge in [-0.05, 0) is 43.9 Å². The molecule has 26 heavy (non-hydrogen) atoms. The van der Waals surface area contributed by atoms with Crippen LogP contribution >= 0.6 is 12.4 Å². The minimum absolute atomic E-state index is 0. The predicted molar refractivity (Wildman–Crippen MR) is 108 cm³/mol. The predicted octanol–water partition coefficient (Wildman–Crippen LogP) is 1.53. The molecule has 154 valence electrons. The van der Waals surface area contributed by atoms with E-state index in [0.29, 0.717) is 19.1 Å². The molecule has 8 heteroatoms. The van der Waals surface area contributed by atoms with Gasteiger partial charge in [-0.15, -0.1) is 12.4 Å². The van der Waals surface area contributed by atoms with E-state index in [2.05, 4.69) is 18.7 Å². The summed E-state index contributed by atoms with van der Waals surface area (Å²) in [5, 5.41) is 0. The van der Waals surface area contributed by atoms with Crippen LogP contribution < -0.4 is 5.73 Å². The average Bonchev–Trinajstić information content (AvgIpc) is 2.58. The van der Waals surface area contributed by atoms with Crippen LogP contribution in [0, 0.1) is 11.8 Å². The van der Waals surface area contributed by atoms with Crippen LogP contribution in [0.15, 0.2) is 0 Å². The molecule has 0 spiro atoms. The summed E-state index contributed by atoms with van der Waals surface area (Å²) in [4.78, 5) is 16.7. The van der Waals surface area contributed by atoms with Crippen molar-refractivity contribution in [3.8, 4) is 0 Å². The van der Waals surface area contributed by atoms with Gasteiger partial charge in [-0.1, -0.05) is 13.8 Å². The molecule has 0 radical (unpaired) electrons. The third-order valence-electron chi connectivity index (χ3n) is 5.94. The molecule has 2 rings (SSSR count). The Morgan fingerprint density at radius 2 is 1.62 bits per heavy atom. The molecule has 6 nitrogen and oxygen atoms in total. The van der Waals surface area contributed by atoms with Crippen molar-refractivity contribution in [1.82, 2.24) is 9.80 Å². The van der Waals surface area contributed by atoms with E-state index in [1.165, 1.54) is 31.9 Å². The molecular formula is C18H36ClN3O3S. The van der Waals surface area contributed by atoms with Crippen LogP contribution in [-0.2, 0) is 14.6 Å². The summed E-state index contributed by atoms with van der Waals surface area (Å²) in [7, 11) is -3.08. The molecule has 2 aliphatic rings.